The van der Waals surface area contributed by atoms with Crippen molar-refractivity contribution in [3.63, 3.8) is 0 Å². The van der Waals surface area contributed by atoms with Crippen LogP contribution < -0.4 is 4.74 Å². The van der Waals surface area contributed by atoms with Gasteiger partial charge in [-0.2, -0.15) is 0 Å². The Balaban J connectivity index is 3.13. The third kappa shape index (κ3) is 2.51. The van der Waals surface area contributed by atoms with E-state index in [2.05, 4.69) is 9.72 Å². The maximum absolute atomic E-state index is 11.9. The van der Waals surface area contributed by atoms with Gasteiger partial charge in [0.05, 0.1) is 0 Å². The average Bonchev–Trinajstić information content (AvgIpc) is 2.04. The van der Waals surface area contributed by atoms with E-state index in [0.29, 0.717) is 5.69 Å². The number of ether oxygens (including phenoxy) is 1. The topological polar surface area (TPSA) is 22.1 Å². The summed E-state index contributed by atoms with van der Waals surface area (Å²) in [4.78, 5) is 3.79. The fourth-order valence-corrected chi connectivity index (χ4v) is 1.12. The molecule has 1 heterocycles. The molecule has 6 heteroatoms. The summed E-state index contributed by atoms with van der Waals surface area (Å²) in [7, 11) is 0. The van der Waals surface area contributed by atoms with Crippen molar-refractivity contribution in [2.75, 3.05) is 0 Å². The van der Waals surface area contributed by atoms with Crippen LogP contribution in [0.15, 0.2) is 6.20 Å². The zero-order chi connectivity index (χ0) is 10.9. The molecule has 0 bridgehead atoms. The Hall–Kier alpha value is -0.970. The zero-order valence-electron chi connectivity index (χ0n) is 7.44. The van der Waals surface area contributed by atoms with Gasteiger partial charge in [0.1, 0.15) is 5.02 Å². The number of nitrogens with zero attached hydrogens (tertiary/aromatic N) is 1. The van der Waals surface area contributed by atoms with E-state index in [1.54, 1.807) is 6.92 Å². The first-order chi connectivity index (χ1) is 6.31. The largest absolute Gasteiger partial charge is 0.573 e. The van der Waals surface area contributed by atoms with E-state index < -0.39 is 6.36 Å². The fraction of sp³-hybridized carbons (Fsp3) is 0.375. The van der Waals surface area contributed by atoms with Gasteiger partial charge in [0.15, 0.2) is 5.75 Å². The minimum Gasteiger partial charge on any atom is -0.404 e. The highest BCUT2D eigenvalue weighted by molar-refractivity contribution is 6.32. The molecule has 78 valence electrons. The van der Waals surface area contributed by atoms with Gasteiger partial charge in [0, 0.05) is 17.5 Å². The molecule has 1 aromatic rings. The minimum absolute atomic E-state index is 0.148. The number of alkyl halides is 3. The summed E-state index contributed by atoms with van der Waals surface area (Å²) >= 11 is 5.52. The predicted molar refractivity (Wildman–Crippen MR) is 45.4 cm³/mol. The van der Waals surface area contributed by atoms with E-state index >= 15 is 0 Å². The lowest BCUT2D eigenvalue weighted by Gasteiger charge is -2.13. The van der Waals surface area contributed by atoms with Gasteiger partial charge in [0.25, 0.3) is 0 Å². The summed E-state index contributed by atoms with van der Waals surface area (Å²) in [6.45, 7) is 3.05. The normalized spacial score (nSPS) is 11.6. The molecule has 0 aromatic carbocycles. The standard InChI is InChI=1S/C8H7ClF3NO/c1-4-5(2)13-3-6(9)7(4)14-8(10,11)12/h3H,1-2H3. The molecule has 0 aliphatic carbocycles. The van der Waals surface area contributed by atoms with Crippen LogP contribution in [0, 0.1) is 13.8 Å². The average molecular weight is 226 g/mol. The Bertz CT molecular complexity index is 351. The van der Waals surface area contributed by atoms with Crippen molar-refractivity contribution >= 4 is 11.6 Å². The van der Waals surface area contributed by atoms with E-state index in [1.165, 1.54) is 6.92 Å². The number of pyridine rings is 1. The second-order valence-electron chi connectivity index (χ2n) is 2.69. The number of aryl methyl sites for hydroxylation is 1. The molecule has 1 rings (SSSR count). The van der Waals surface area contributed by atoms with E-state index in [4.69, 9.17) is 11.6 Å². The molecule has 1 aromatic heterocycles. The van der Waals surface area contributed by atoms with Gasteiger partial charge < -0.3 is 4.74 Å². The molecule has 0 saturated heterocycles. The molecule has 14 heavy (non-hydrogen) atoms. The monoisotopic (exact) mass is 225 g/mol. The highest BCUT2D eigenvalue weighted by atomic mass is 35.5. The molecule has 0 unspecified atom stereocenters. The fourth-order valence-electron chi connectivity index (χ4n) is 0.893. The summed E-state index contributed by atoms with van der Waals surface area (Å²) in [5, 5.41) is -0.148. The van der Waals surface area contributed by atoms with Gasteiger partial charge in [0.2, 0.25) is 0 Å². The molecule has 0 spiro atoms. The Kier molecular flexibility index (Phi) is 2.89. The summed E-state index contributed by atoms with van der Waals surface area (Å²) in [5.41, 5.74) is 0.739. The number of rotatable bonds is 1. The first kappa shape index (κ1) is 11.1. The van der Waals surface area contributed by atoms with Crippen molar-refractivity contribution in [2.24, 2.45) is 0 Å². The van der Waals surface area contributed by atoms with Crippen LogP contribution in [0.5, 0.6) is 5.75 Å². The Morgan fingerprint density at radius 2 is 1.93 bits per heavy atom. The Labute approximate surface area is 83.7 Å². The number of halogens is 4. The third-order valence-corrected chi connectivity index (χ3v) is 1.96. The van der Waals surface area contributed by atoms with Crippen molar-refractivity contribution in [3.8, 4) is 5.75 Å². The molecular formula is C8H7ClF3NO. The highest BCUT2D eigenvalue weighted by Crippen LogP contribution is 2.33. The van der Waals surface area contributed by atoms with Crippen molar-refractivity contribution in [3.05, 3.63) is 22.5 Å². The van der Waals surface area contributed by atoms with Crippen LogP contribution in [0.4, 0.5) is 13.2 Å². The summed E-state index contributed by atoms with van der Waals surface area (Å²) in [6.07, 6.45) is -3.60. The van der Waals surface area contributed by atoms with Crippen molar-refractivity contribution in [2.45, 2.75) is 20.2 Å². The smallest absolute Gasteiger partial charge is 0.404 e. The molecule has 0 fully saturated rings. The first-order valence-electron chi connectivity index (χ1n) is 3.68. The lowest BCUT2D eigenvalue weighted by atomic mass is 10.2. The second-order valence-corrected chi connectivity index (χ2v) is 3.10. The Morgan fingerprint density at radius 1 is 1.36 bits per heavy atom. The highest BCUT2D eigenvalue weighted by Gasteiger charge is 2.33. The molecule has 0 radical (unpaired) electrons. The molecule has 0 aliphatic heterocycles. The molecule has 0 N–H and O–H groups in total. The van der Waals surface area contributed by atoms with Crippen LogP contribution in [0.3, 0.4) is 0 Å². The first-order valence-corrected chi connectivity index (χ1v) is 4.06. The summed E-state index contributed by atoms with van der Waals surface area (Å²) < 4.78 is 39.6. The van der Waals surface area contributed by atoms with Gasteiger partial charge in [-0.15, -0.1) is 13.2 Å². The van der Waals surface area contributed by atoms with Crippen LogP contribution in [0.25, 0.3) is 0 Å². The SMILES string of the molecule is Cc1ncc(Cl)c(OC(F)(F)F)c1C. The molecule has 2 nitrogen and oxygen atoms in total. The summed E-state index contributed by atoms with van der Waals surface area (Å²) in [6, 6.07) is 0. The van der Waals surface area contributed by atoms with E-state index in [0.717, 1.165) is 6.20 Å². The van der Waals surface area contributed by atoms with Gasteiger partial charge in [-0.05, 0) is 13.8 Å². The Morgan fingerprint density at radius 3 is 2.43 bits per heavy atom. The maximum atomic E-state index is 11.9. The quantitative estimate of drug-likeness (QED) is 0.732. The van der Waals surface area contributed by atoms with Crippen LogP contribution in [-0.2, 0) is 0 Å². The van der Waals surface area contributed by atoms with Gasteiger partial charge >= 0.3 is 6.36 Å². The van der Waals surface area contributed by atoms with E-state index in [1.807, 2.05) is 0 Å². The van der Waals surface area contributed by atoms with Crippen LogP contribution in [-0.4, -0.2) is 11.3 Å². The van der Waals surface area contributed by atoms with E-state index in [9.17, 15) is 13.2 Å². The zero-order valence-corrected chi connectivity index (χ0v) is 8.20. The lowest BCUT2D eigenvalue weighted by molar-refractivity contribution is -0.274. The van der Waals surface area contributed by atoms with Crippen molar-refractivity contribution in [1.29, 1.82) is 0 Å². The predicted octanol–water partition coefficient (Wildman–Crippen LogP) is 3.25. The van der Waals surface area contributed by atoms with Gasteiger partial charge in [-0.1, -0.05) is 11.6 Å². The van der Waals surface area contributed by atoms with Crippen LogP contribution in [0.1, 0.15) is 11.3 Å². The molecule has 0 aliphatic rings. The number of hydrogen-bond acceptors (Lipinski definition) is 2. The van der Waals surface area contributed by atoms with E-state index in [-0.39, 0.29) is 16.3 Å². The molecule has 0 atom stereocenters. The molecule has 0 saturated carbocycles. The van der Waals surface area contributed by atoms with Crippen molar-refractivity contribution in [1.82, 2.24) is 4.98 Å². The van der Waals surface area contributed by atoms with Crippen LogP contribution >= 0.6 is 11.6 Å². The third-order valence-electron chi connectivity index (χ3n) is 1.69. The molecule has 0 amide bonds. The maximum Gasteiger partial charge on any atom is 0.573 e. The summed E-state index contributed by atoms with van der Waals surface area (Å²) in [5.74, 6) is -0.383. The number of aromatic nitrogens is 1. The second kappa shape index (κ2) is 3.65. The number of hydrogen-bond donors (Lipinski definition) is 0. The minimum atomic E-state index is -4.73. The van der Waals surface area contributed by atoms with Gasteiger partial charge in [-0.25, -0.2) is 0 Å². The van der Waals surface area contributed by atoms with Crippen LogP contribution in [0.2, 0.25) is 5.02 Å². The van der Waals surface area contributed by atoms with Crippen molar-refractivity contribution < 1.29 is 17.9 Å². The molecular weight excluding hydrogens is 219 g/mol. The van der Waals surface area contributed by atoms with Gasteiger partial charge in [-0.3, -0.25) is 4.98 Å². The lowest BCUT2D eigenvalue weighted by Crippen LogP contribution is -2.18.